The molecule has 1 aliphatic rings. The molecule has 1 N–H and O–H groups in total. The van der Waals surface area contributed by atoms with E-state index in [-0.39, 0.29) is 17.0 Å². The molecular weight excluding hydrogens is 528 g/mol. The molecule has 202 valence electrons. The number of hydrogen-bond acceptors (Lipinski definition) is 8. The molecule has 1 amide bonds. The molecular formula is C30H26N4O5S. The largest absolute Gasteiger partial charge is 0.505 e. The second-order valence-electron chi connectivity index (χ2n) is 9.43. The Bertz CT molecular complexity index is 1840. The second kappa shape index (κ2) is 9.80. The van der Waals surface area contributed by atoms with Crippen LogP contribution in [-0.2, 0) is 9.59 Å². The van der Waals surface area contributed by atoms with Crippen molar-refractivity contribution in [2.45, 2.75) is 26.8 Å². The van der Waals surface area contributed by atoms with Gasteiger partial charge >= 0.3 is 5.91 Å². The van der Waals surface area contributed by atoms with Gasteiger partial charge in [-0.15, -0.1) is 0 Å². The van der Waals surface area contributed by atoms with Gasteiger partial charge in [-0.05, 0) is 68.3 Å². The van der Waals surface area contributed by atoms with E-state index in [1.54, 1.807) is 31.4 Å². The van der Waals surface area contributed by atoms with Crippen LogP contribution in [0.4, 0.5) is 5.13 Å². The zero-order valence-corrected chi connectivity index (χ0v) is 23.2. The first-order valence-corrected chi connectivity index (χ1v) is 13.6. The van der Waals surface area contributed by atoms with Crippen molar-refractivity contribution in [2.24, 2.45) is 0 Å². The van der Waals surface area contributed by atoms with E-state index in [2.05, 4.69) is 9.97 Å². The van der Waals surface area contributed by atoms with Gasteiger partial charge in [-0.25, -0.2) is 9.97 Å². The van der Waals surface area contributed by atoms with Gasteiger partial charge in [0.1, 0.15) is 22.8 Å². The van der Waals surface area contributed by atoms with Crippen LogP contribution in [0.1, 0.15) is 35.5 Å². The van der Waals surface area contributed by atoms with Crippen LogP contribution in [0.15, 0.2) is 66.4 Å². The van der Waals surface area contributed by atoms with Crippen molar-refractivity contribution >= 4 is 49.8 Å². The van der Waals surface area contributed by atoms with Gasteiger partial charge in [0.05, 0.1) is 41.2 Å². The molecule has 0 spiro atoms. The molecule has 3 aromatic heterocycles. The highest BCUT2D eigenvalue weighted by atomic mass is 32.1. The monoisotopic (exact) mass is 554 g/mol. The van der Waals surface area contributed by atoms with E-state index in [9.17, 15) is 14.7 Å². The van der Waals surface area contributed by atoms with Gasteiger partial charge < -0.3 is 19.0 Å². The Morgan fingerprint density at radius 1 is 1.05 bits per heavy atom. The van der Waals surface area contributed by atoms with Crippen LogP contribution in [0.2, 0.25) is 0 Å². The van der Waals surface area contributed by atoms with Crippen molar-refractivity contribution in [1.29, 1.82) is 0 Å². The number of aryl methyl sites for hydroxylation is 2. The highest BCUT2D eigenvalue weighted by Crippen LogP contribution is 2.45. The Balaban J connectivity index is 1.56. The fraction of sp³-hybridized carbons (Fsp3) is 0.200. The average Bonchev–Trinajstić information content (AvgIpc) is 3.61. The maximum absolute atomic E-state index is 13.6. The van der Waals surface area contributed by atoms with Crippen molar-refractivity contribution in [3.63, 3.8) is 0 Å². The number of amides is 1. The van der Waals surface area contributed by atoms with Gasteiger partial charge in [-0.1, -0.05) is 29.5 Å². The van der Waals surface area contributed by atoms with Gasteiger partial charge in [0.15, 0.2) is 10.9 Å². The van der Waals surface area contributed by atoms with Crippen LogP contribution in [0.25, 0.3) is 21.6 Å². The van der Waals surface area contributed by atoms with Crippen molar-refractivity contribution in [2.75, 3.05) is 18.6 Å². The first-order valence-electron chi connectivity index (χ1n) is 12.7. The molecule has 0 saturated carbocycles. The summed E-state index contributed by atoms with van der Waals surface area (Å²) < 4.78 is 13.6. The Morgan fingerprint density at radius 2 is 1.80 bits per heavy atom. The molecule has 0 aliphatic carbocycles. The van der Waals surface area contributed by atoms with Crippen LogP contribution in [0.3, 0.4) is 0 Å². The highest BCUT2D eigenvalue weighted by molar-refractivity contribution is 7.22. The summed E-state index contributed by atoms with van der Waals surface area (Å²) in [7, 11) is 1.56. The number of aliphatic hydroxyl groups excluding tert-OH is 1. The topological polar surface area (TPSA) is 106 Å². The summed E-state index contributed by atoms with van der Waals surface area (Å²) in [6.07, 6.45) is 1.85. The van der Waals surface area contributed by atoms with Crippen LogP contribution in [0.5, 0.6) is 11.5 Å². The van der Waals surface area contributed by atoms with Crippen LogP contribution in [0, 0.1) is 13.8 Å². The van der Waals surface area contributed by atoms with E-state index in [0.717, 1.165) is 10.3 Å². The second-order valence-corrected chi connectivity index (χ2v) is 10.4. The Hall–Kier alpha value is -4.70. The number of carbonyl (C=O) groups is 2. The predicted octanol–water partition coefficient (Wildman–Crippen LogP) is 5.59. The van der Waals surface area contributed by atoms with E-state index in [1.807, 2.05) is 61.7 Å². The van der Waals surface area contributed by atoms with E-state index in [4.69, 9.17) is 9.47 Å². The molecule has 4 heterocycles. The van der Waals surface area contributed by atoms with Crippen LogP contribution >= 0.6 is 11.3 Å². The maximum atomic E-state index is 13.6. The summed E-state index contributed by atoms with van der Waals surface area (Å²) >= 11 is 1.28. The summed E-state index contributed by atoms with van der Waals surface area (Å²) in [4.78, 5) is 38.0. The average molecular weight is 555 g/mol. The van der Waals surface area contributed by atoms with E-state index in [1.165, 1.54) is 16.2 Å². The minimum Gasteiger partial charge on any atom is -0.505 e. The third-order valence-corrected chi connectivity index (χ3v) is 8.07. The molecule has 1 unspecified atom stereocenters. The lowest BCUT2D eigenvalue weighted by Crippen LogP contribution is -2.29. The maximum Gasteiger partial charge on any atom is 0.301 e. The molecule has 1 atom stereocenters. The molecule has 10 heteroatoms. The van der Waals surface area contributed by atoms with E-state index < -0.39 is 17.7 Å². The van der Waals surface area contributed by atoms with Crippen molar-refractivity contribution in [3.05, 3.63) is 88.9 Å². The SMILES string of the molecule is CCOc1ccc2nc(N3C(=O)C(=O)C(=C(O)c4nc5c(C)cccn5c4C)C3c3ccc(OC)cc3)sc2c1. The number of aromatic nitrogens is 3. The molecule has 6 rings (SSSR count). The first-order chi connectivity index (χ1) is 19.3. The van der Waals surface area contributed by atoms with Gasteiger partial charge in [0, 0.05) is 6.20 Å². The first kappa shape index (κ1) is 25.6. The number of imidazole rings is 1. The summed E-state index contributed by atoms with van der Waals surface area (Å²) in [5.74, 6) is -0.598. The third-order valence-electron chi connectivity index (χ3n) is 7.05. The number of ketones is 1. The lowest BCUT2D eigenvalue weighted by molar-refractivity contribution is -0.132. The number of pyridine rings is 1. The lowest BCUT2D eigenvalue weighted by Gasteiger charge is -2.23. The summed E-state index contributed by atoms with van der Waals surface area (Å²) in [6.45, 7) is 6.16. The lowest BCUT2D eigenvalue weighted by atomic mass is 9.96. The van der Waals surface area contributed by atoms with Crippen LogP contribution < -0.4 is 14.4 Å². The Kier molecular flexibility index (Phi) is 6.26. The van der Waals surface area contributed by atoms with Crippen molar-refractivity contribution in [3.8, 4) is 11.5 Å². The quantitative estimate of drug-likeness (QED) is 0.166. The third kappa shape index (κ3) is 3.99. The summed E-state index contributed by atoms with van der Waals surface area (Å²) in [6, 6.07) is 15.4. The van der Waals surface area contributed by atoms with E-state index in [0.29, 0.717) is 45.7 Å². The Morgan fingerprint density at radius 3 is 2.50 bits per heavy atom. The number of thiazole rings is 1. The van der Waals surface area contributed by atoms with Gasteiger partial charge in [-0.2, -0.15) is 0 Å². The number of hydrogen-bond donors (Lipinski definition) is 1. The van der Waals surface area contributed by atoms with Gasteiger partial charge in [0.2, 0.25) is 0 Å². The fourth-order valence-corrected chi connectivity index (χ4v) is 6.08. The number of aliphatic hydroxyl groups is 1. The fourth-order valence-electron chi connectivity index (χ4n) is 5.06. The standard InChI is InChI=1S/C30H26N4O5S/c1-5-39-20-12-13-21-22(15-20)40-30(31-21)34-25(18-8-10-19(38-4)11-9-18)23(27(36)29(34)37)26(35)24-17(3)33-14-6-7-16(2)28(33)32-24/h6-15,25,35H,5H2,1-4H3. The number of ether oxygens (including phenoxy) is 2. The van der Waals surface area contributed by atoms with E-state index >= 15 is 0 Å². The minimum atomic E-state index is -0.928. The van der Waals surface area contributed by atoms with Gasteiger partial charge in [0.25, 0.3) is 5.78 Å². The zero-order valence-electron chi connectivity index (χ0n) is 22.3. The number of Topliss-reactive ketones (excluding diaryl/α,β-unsaturated/α-hetero) is 1. The smallest absolute Gasteiger partial charge is 0.301 e. The van der Waals surface area contributed by atoms with Crippen LogP contribution in [-0.4, -0.2) is 44.9 Å². The van der Waals surface area contributed by atoms with Gasteiger partial charge in [-0.3, -0.25) is 14.5 Å². The minimum absolute atomic E-state index is 0.0476. The molecule has 1 fully saturated rings. The number of anilines is 1. The molecule has 1 aliphatic heterocycles. The zero-order chi connectivity index (χ0) is 28.1. The van der Waals surface area contributed by atoms with Crippen molar-refractivity contribution in [1.82, 2.24) is 14.4 Å². The molecule has 1 saturated heterocycles. The molecule has 2 aromatic carbocycles. The molecule has 0 bridgehead atoms. The van der Waals surface area contributed by atoms with Crippen molar-refractivity contribution < 1.29 is 24.2 Å². The molecule has 0 radical (unpaired) electrons. The molecule has 40 heavy (non-hydrogen) atoms. The number of benzene rings is 2. The Labute approximate surface area is 233 Å². The number of nitrogens with zero attached hydrogens (tertiary/aromatic N) is 4. The number of methoxy groups -OCH3 is 1. The number of carbonyl (C=O) groups excluding carboxylic acids is 2. The summed E-state index contributed by atoms with van der Waals surface area (Å²) in [5.41, 5.74) is 3.72. The number of rotatable bonds is 6. The highest BCUT2D eigenvalue weighted by Gasteiger charge is 2.48. The summed E-state index contributed by atoms with van der Waals surface area (Å²) in [5, 5.41) is 12.0. The number of fused-ring (bicyclic) bond motifs is 2. The molecule has 9 nitrogen and oxygen atoms in total. The molecule has 5 aromatic rings. The normalized spacial score (nSPS) is 16.8. The predicted molar refractivity (Wildman–Crippen MR) is 153 cm³/mol.